The Labute approximate surface area is 290 Å². The van der Waals surface area contributed by atoms with Crippen molar-refractivity contribution in [2.45, 2.75) is 0 Å². The van der Waals surface area contributed by atoms with Crippen molar-refractivity contribution < 1.29 is 0 Å². The number of fused-ring (bicyclic) bond motifs is 6. The minimum absolute atomic E-state index is 0.954. The van der Waals surface area contributed by atoms with Gasteiger partial charge in [0.25, 0.3) is 0 Å². The van der Waals surface area contributed by atoms with E-state index in [2.05, 4.69) is 185 Å². The molecule has 3 nitrogen and oxygen atoms in total. The molecule has 10 rings (SSSR count). The molecule has 10 aromatic rings. The third-order valence-electron chi connectivity index (χ3n) is 9.95. The molecule has 0 fully saturated rings. The second-order valence-electron chi connectivity index (χ2n) is 12.8. The second-order valence-corrected chi connectivity index (χ2v) is 12.8. The van der Waals surface area contributed by atoms with Crippen LogP contribution in [-0.4, -0.2) is 14.1 Å². The van der Waals surface area contributed by atoms with Crippen molar-refractivity contribution in [3.63, 3.8) is 0 Å². The number of nitrogens with zero attached hydrogens (tertiary/aromatic N) is 3. The van der Waals surface area contributed by atoms with E-state index in [0.29, 0.717) is 0 Å². The van der Waals surface area contributed by atoms with E-state index >= 15 is 0 Å². The van der Waals surface area contributed by atoms with E-state index in [0.717, 1.165) is 27.9 Å². The quantitative estimate of drug-likeness (QED) is 0.184. The van der Waals surface area contributed by atoms with E-state index in [1.54, 1.807) is 0 Å². The van der Waals surface area contributed by atoms with Crippen LogP contribution in [0.2, 0.25) is 0 Å². The molecule has 0 unspecified atom stereocenters. The average molecular weight is 638 g/mol. The van der Waals surface area contributed by atoms with Gasteiger partial charge in [-0.15, -0.1) is 0 Å². The molecule has 50 heavy (non-hydrogen) atoms. The van der Waals surface area contributed by atoms with Gasteiger partial charge in [-0.25, -0.2) is 4.98 Å². The van der Waals surface area contributed by atoms with Gasteiger partial charge >= 0.3 is 0 Å². The maximum Gasteiger partial charge on any atom is 0.145 e. The summed E-state index contributed by atoms with van der Waals surface area (Å²) in [5, 5.41) is 4.80. The van der Waals surface area contributed by atoms with E-state index in [1.807, 2.05) is 12.3 Å². The van der Waals surface area contributed by atoms with Gasteiger partial charge in [-0.2, -0.15) is 0 Å². The van der Waals surface area contributed by atoms with E-state index < -0.39 is 0 Å². The lowest BCUT2D eigenvalue weighted by Gasteiger charge is -2.14. The van der Waals surface area contributed by atoms with Gasteiger partial charge in [0, 0.05) is 44.7 Å². The molecule has 234 valence electrons. The minimum Gasteiger partial charge on any atom is -0.309 e. The number of benzene rings is 7. The molecule has 0 aliphatic heterocycles. The molecular weight excluding hydrogens is 607 g/mol. The SMILES string of the molecule is c1ccc(-c2cccc(-n3c4ccc(-c5cccc6c7ccccc7n(-c7cccc(-c8ccccc8)c7)c56)cc4c4cccnc43)c2)cc1. The van der Waals surface area contributed by atoms with Crippen molar-refractivity contribution >= 4 is 43.7 Å². The summed E-state index contributed by atoms with van der Waals surface area (Å²) in [4.78, 5) is 4.92. The molecule has 3 heteroatoms. The van der Waals surface area contributed by atoms with Crippen LogP contribution in [0.15, 0.2) is 188 Å². The fraction of sp³-hybridized carbons (Fsp3) is 0. The lowest BCUT2D eigenvalue weighted by Crippen LogP contribution is -1.96. The first-order valence-corrected chi connectivity index (χ1v) is 17.1. The molecule has 0 aliphatic carbocycles. The molecule has 0 amide bonds. The Balaban J connectivity index is 1.20. The summed E-state index contributed by atoms with van der Waals surface area (Å²) in [5.41, 5.74) is 13.9. The Kier molecular flexibility index (Phi) is 6.49. The predicted molar refractivity (Wildman–Crippen MR) is 209 cm³/mol. The zero-order valence-corrected chi connectivity index (χ0v) is 27.2. The van der Waals surface area contributed by atoms with Crippen LogP contribution in [-0.2, 0) is 0 Å². The molecular formula is C47H31N3. The number of hydrogen-bond donors (Lipinski definition) is 0. The predicted octanol–water partition coefficient (Wildman–Crippen LogP) is 12.3. The third-order valence-corrected chi connectivity index (χ3v) is 9.95. The van der Waals surface area contributed by atoms with Gasteiger partial charge in [-0.3, -0.25) is 4.57 Å². The fourth-order valence-electron chi connectivity index (χ4n) is 7.71. The highest BCUT2D eigenvalue weighted by molar-refractivity contribution is 6.15. The number of aromatic nitrogens is 3. The topological polar surface area (TPSA) is 22.8 Å². The molecule has 0 bridgehead atoms. The van der Waals surface area contributed by atoms with Gasteiger partial charge < -0.3 is 4.57 Å². The Hall–Kier alpha value is -6.71. The van der Waals surface area contributed by atoms with Gasteiger partial charge in [-0.1, -0.05) is 127 Å². The van der Waals surface area contributed by atoms with Gasteiger partial charge in [0.1, 0.15) is 5.65 Å². The largest absolute Gasteiger partial charge is 0.309 e. The summed E-state index contributed by atoms with van der Waals surface area (Å²) in [6.07, 6.45) is 1.89. The van der Waals surface area contributed by atoms with Crippen LogP contribution < -0.4 is 0 Å². The van der Waals surface area contributed by atoms with Crippen molar-refractivity contribution in [2.24, 2.45) is 0 Å². The first-order valence-electron chi connectivity index (χ1n) is 17.1. The molecule has 0 spiro atoms. The highest BCUT2D eigenvalue weighted by Gasteiger charge is 2.19. The number of para-hydroxylation sites is 2. The summed E-state index contributed by atoms with van der Waals surface area (Å²) in [7, 11) is 0. The third kappa shape index (κ3) is 4.48. The maximum atomic E-state index is 4.92. The fourth-order valence-corrected chi connectivity index (χ4v) is 7.71. The number of rotatable bonds is 5. The minimum atomic E-state index is 0.954. The first-order chi connectivity index (χ1) is 24.8. The van der Waals surface area contributed by atoms with Crippen molar-refractivity contribution in [1.29, 1.82) is 0 Å². The van der Waals surface area contributed by atoms with E-state index in [1.165, 1.54) is 60.6 Å². The molecule has 0 radical (unpaired) electrons. The molecule has 0 aliphatic rings. The Bertz CT molecular complexity index is 2860. The van der Waals surface area contributed by atoms with Crippen molar-refractivity contribution in [1.82, 2.24) is 14.1 Å². The summed E-state index contributed by atoms with van der Waals surface area (Å²) in [6.45, 7) is 0. The molecule has 0 saturated heterocycles. The highest BCUT2D eigenvalue weighted by Crippen LogP contribution is 2.41. The first kappa shape index (κ1) is 28.3. The molecule has 7 aromatic carbocycles. The van der Waals surface area contributed by atoms with Gasteiger partial charge in [0.05, 0.1) is 16.6 Å². The van der Waals surface area contributed by atoms with Gasteiger partial charge in [-0.05, 0) is 82.4 Å². The second kappa shape index (κ2) is 11.5. The Morgan fingerprint density at radius 3 is 1.66 bits per heavy atom. The average Bonchev–Trinajstić information content (AvgIpc) is 3.71. The lowest BCUT2D eigenvalue weighted by molar-refractivity contribution is 1.14. The molecule has 0 saturated carbocycles. The Morgan fingerprint density at radius 2 is 0.920 bits per heavy atom. The van der Waals surface area contributed by atoms with Gasteiger partial charge in [0.15, 0.2) is 0 Å². The summed E-state index contributed by atoms with van der Waals surface area (Å²) >= 11 is 0. The normalized spacial score (nSPS) is 11.6. The zero-order chi connectivity index (χ0) is 33.0. The maximum absolute atomic E-state index is 4.92. The van der Waals surface area contributed by atoms with Crippen molar-refractivity contribution in [2.75, 3.05) is 0 Å². The number of hydrogen-bond acceptors (Lipinski definition) is 1. The number of pyridine rings is 1. The van der Waals surface area contributed by atoms with Crippen LogP contribution in [0.4, 0.5) is 0 Å². The molecule has 0 atom stereocenters. The van der Waals surface area contributed by atoms with Crippen LogP contribution in [0.1, 0.15) is 0 Å². The van der Waals surface area contributed by atoms with Crippen molar-refractivity contribution in [3.8, 4) is 44.8 Å². The van der Waals surface area contributed by atoms with Crippen molar-refractivity contribution in [3.05, 3.63) is 188 Å². The molecule has 3 heterocycles. The smallest absolute Gasteiger partial charge is 0.145 e. The summed E-state index contributed by atoms with van der Waals surface area (Å²) in [6, 6.07) is 65.4. The van der Waals surface area contributed by atoms with Crippen LogP contribution in [0.25, 0.3) is 88.5 Å². The van der Waals surface area contributed by atoms with E-state index in [4.69, 9.17) is 4.98 Å². The molecule has 0 N–H and O–H groups in total. The monoisotopic (exact) mass is 637 g/mol. The molecule has 3 aromatic heterocycles. The standard InChI is InChI=1S/C47H31N3/c1-3-13-32(14-4-1)34-17-9-19-37(29-34)49-44-25-8-7-21-40(44)41-23-11-22-39(46(41)49)36-26-27-45-43(31-36)42-24-12-28-48-47(42)50(45)38-20-10-18-35(30-38)33-15-5-2-6-16-33/h1-31H. The van der Waals surface area contributed by atoms with Gasteiger partial charge in [0.2, 0.25) is 0 Å². The summed E-state index contributed by atoms with van der Waals surface area (Å²) in [5.74, 6) is 0. The lowest BCUT2D eigenvalue weighted by atomic mass is 10.00. The van der Waals surface area contributed by atoms with Crippen LogP contribution >= 0.6 is 0 Å². The highest BCUT2D eigenvalue weighted by atomic mass is 15.0. The zero-order valence-electron chi connectivity index (χ0n) is 27.2. The van der Waals surface area contributed by atoms with E-state index in [9.17, 15) is 0 Å². The van der Waals surface area contributed by atoms with Crippen LogP contribution in [0.5, 0.6) is 0 Å². The van der Waals surface area contributed by atoms with E-state index in [-0.39, 0.29) is 0 Å². The van der Waals surface area contributed by atoms with Crippen LogP contribution in [0, 0.1) is 0 Å². The summed E-state index contributed by atoms with van der Waals surface area (Å²) < 4.78 is 4.74. The Morgan fingerprint density at radius 1 is 0.340 bits per heavy atom. The van der Waals surface area contributed by atoms with Crippen LogP contribution in [0.3, 0.4) is 0 Å².